The van der Waals surface area contributed by atoms with Gasteiger partial charge in [0.1, 0.15) is 23.9 Å². The maximum Gasteiger partial charge on any atom is 0.326 e. The van der Waals surface area contributed by atoms with E-state index in [1.54, 1.807) is 12.1 Å². The van der Waals surface area contributed by atoms with E-state index >= 15 is 0 Å². The summed E-state index contributed by atoms with van der Waals surface area (Å²) in [6.07, 6.45) is 3.90. The van der Waals surface area contributed by atoms with E-state index < -0.39 is 53.8 Å². The van der Waals surface area contributed by atoms with E-state index in [4.69, 9.17) is 11.5 Å². The average molecular weight is 572 g/mol. The normalized spacial score (nSPS) is 14.0. The molecule has 1 rings (SSSR count). The molecule has 4 unspecified atom stereocenters. The van der Waals surface area contributed by atoms with Crippen LogP contribution in [0.3, 0.4) is 0 Å². The first-order valence-corrected chi connectivity index (χ1v) is 14.7. The molecule has 1 aromatic rings. The van der Waals surface area contributed by atoms with E-state index in [0.29, 0.717) is 23.5 Å². The molecular weight excluding hydrogens is 534 g/mol. The Morgan fingerprint density at radius 1 is 0.816 bits per heavy atom. The number of aliphatic carboxylic acids is 1. The Bertz CT molecular complexity index is 949. The number of hydrogen-bond donors (Lipinski definition) is 7. The summed E-state index contributed by atoms with van der Waals surface area (Å²) < 4.78 is 0. The van der Waals surface area contributed by atoms with Crippen molar-refractivity contribution < 1.29 is 34.2 Å². The number of amides is 4. The Kier molecular flexibility index (Phi) is 15.2. The van der Waals surface area contributed by atoms with Crippen LogP contribution in [0.5, 0.6) is 5.75 Å². The first kappa shape index (κ1) is 33.1. The summed E-state index contributed by atoms with van der Waals surface area (Å²) in [6, 6.07) is 1.69. The number of primary amides is 1. The van der Waals surface area contributed by atoms with Crippen molar-refractivity contribution in [1.82, 2.24) is 16.0 Å². The van der Waals surface area contributed by atoms with Crippen molar-refractivity contribution in [3.8, 4) is 5.75 Å². The van der Waals surface area contributed by atoms with Crippen LogP contribution in [0.25, 0.3) is 0 Å². The fourth-order valence-corrected chi connectivity index (χ4v) is 4.29. The summed E-state index contributed by atoms with van der Waals surface area (Å²) in [5.74, 6) is -2.80. The molecule has 0 spiro atoms. The van der Waals surface area contributed by atoms with E-state index in [0.717, 1.165) is 0 Å². The van der Waals surface area contributed by atoms with Crippen LogP contribution >= 0.6 is 23.5 Å². The molecular formula is C24H37N5O7S2. The van der Waals surface area contributed by atoms with Crippen molar-refractivity contribution in [3.05, 3.63) is 29.8 Å². The molecule has 0 aliphatic rings. The molecule has 1 aromatic carbocycles. The van der Waals surface area contributed by atoms with Crippen molar-refractivity contribution in [2.75, 3.05) is 24.0 Å². The largest absolute Gasteiger partial charge is 0.508 e. The predicted molar refractivity (Wildman–Crippen MR) is 148 cm³/mol. The molecule has 0 fully saturated rings. The number of thioether (sulfide) groups is 2. The zero-order valence-electron chi connectivity index (χ0n) is 21.5. The van der Waals surface area contributed by atoms with E-state index in [-0.39, 0.29) is 31.4 Å². The molecule has 0 heterocycles. The van der Waals surface area contributed by atoms with E-state index in [1.807, 2.05) is 12.5 Å². The Balaban J connectivity index is 3.09. The second-order valence-corrected chi connectivity index (χ2v) is 10.5. The SMILES string of the molecule is CSCCC(N)C(=O)NC(Cc1ccc(O)cc1)C(=O)NC(CCSC)C(=O)NC(CCC(N)=O)C(=O)O. The van der Waals surface area contributed by atoms with Gasteiger partial charge in [-0.25, -0.2) is 4.79 Å². The Labute approximate surface area is 230 Å². The van der Waals surface area contributed by atoms with Gasteiger partial charge in [0, 0.05) is 12.8 Å². The molecule has 12 nitrogen and oxygen atoms in total. The number of aromatic hydroxyl groups is 1. The van der Waals surface area contributed by atoms with Gasteiger partial charge in [0.15, 0.2) is 0 Å². The van der Waals surface area contributed by atoms with Crippen molar-refractivity contribution in [3.63, 3.8) is 0 Å². The van der Waals surface area contributed by atoms with Gasteiger partial charge in [0.05, 0.1) is 6.04 Å². The Hall–Kier alpha value is -2.97. The smallest absolute Gasteiger partial charge is 0.326 e. The van der Waals surface area contributed by atoms with Crippen molar-refractivity contribution >= 4 is 53.1 Å². The summed E-state index contributed by atoms with van der Waals surface area (Å²) in [5.41, 5.74) is 11.7. The lowest BCUT2D eigenvalue weighted by Gasteiger charge is -2.25. The van der Waals surface area contributed by atoms with E-state index in [9.17, 15) is 34.2 Å². The molecule has 38 heavy (non-hydrogen) atoms. The van der Waals surface area contributed by atoms with Crippen molar-refractivity contribution in [1.29, 1.82) is 0 Å². The summed E-state index contributed by atoms with van der Waals surface area (Å²) in [7, 11) is 0. The van der Waals surface area contributed by atoms with Gasteiger partial charge in [-0.05, 0) is 61.0 Å². The number of rotatable bonds is 18. The van der Waals surface area contributed by atoms with E-state index in [1.165, 1.54) is 35.7 Å². The maximum atomic E-state index is 13.3. The third-order valence-corrected chi connectivity index (χ3v) is 6.80. The number of phenols is 1. The zero-order chi connectivity index (χ0) is 28.7. The van der Waals surface area contributed by atoms with Crippen LogP contribution in [-0.2, 0) is 30.4 Å². The monoisotopic (exact) mass is 571 g/mol. The third-order valence-electron chi connectivity index (χ3n) is 5.52. The second-order valence-electron chi connectivity index (χ2n) is 8.57. The van der Waals surface area contributed by atoms with Gasteiger partial charge >= 0.3 is 5.97 Å². The average Bonchev–Trinajstić information content (AvgIpc) is 2.87. The van der Waals surface area contributed by atoms with Crippen LogP contribution in [0.4, 0.5) is 0 Å². The molecule has 0 radical (unpaired) electrons. The fourth-order valence-electron chi connectivity index (χ4n) is 3.32. The van der Waals surface area contributed by atoms with Gasteiger partial charge in [-0.1, -0.05) is 12.1 Å². The minimum absolute atomic E-state index is 0.0380. The molecule has 0 aromatic heterocycles. The highest BCUT2D eigenvalue weighted by Crippen LogP contribution is 2.12. The fraction of sp³-hybridized carbons (Fsp3) is 0.542. The number of hydrogen-bond acceptors (Lipinski definition) is 9. The second kappa shape index (κ2) is 17.5. The summed E-state index contributed by atoms with van der Waals surface area (Å²) >= 11 is 2.96. The highest BCUT2D eigenvalue weighted by atomic mass is 32.2. The van der Waals surface area contributed by atoms with Gasteiger partial charge in [-0.3, -0.25) is 19.2 Å². The van der Waals surface area contributed by atoms with Crippen LogP contribution in [0.2, 0.25) is 0 Å². The lowest BCUT2D eigenvalue weighted by molar-refractivity contribution is -0.142. The third kappa shape index (κ3) is 12.5. The van der Waals surface area contributed by atoms with Gasteiger partial charge in [-0.2, -0.15) is 23.5 Å². The lowest BCUT2D eigenvalue weighted by Crippen LogP contribution is -2.57. The molecule has 4 amide bonds. The molecule has 9 N–H and O–H groups in total. The predicted octanol–water partition coefficient (Wildman–Crippen LogP) is -0.427. The van der Waals surface area contributed by atoms with Crippen LogP contribution in [0.1, 0.15) is 31.2 Å². The number of carboxylic acid groups (broad SMARTS) is 1. The van der Waals surface area contributed by atoms with Crippen LogP contribution in [-0.4, -0.2) is 88.0 Å². The molecule has 0 aliphatic heterocycles. The number of carbonyl (C=O) groups excluding carboxylic acids is 4. The van der Waals surface area contributed by atoms with E-state index in [2.05, 4.69) is 16.0 Å². The van der Waals surface area contributed by atoms with Crippen LogP contribution < -0.4 is 27.4 Å². The quantitative estimate of drug-likeness (QED) is 0.121. The lowest BCUT2D eigenvalue weighted by atomic mass is 10.0. The van der Waals surface area contributed by atoms with Crippen LogP contribution in [0.15, 0.2) is 24.3 Å². The molecule has 4 atom stereocenters. The number of nitrogens with two attached hydrogens (primary N) is 2. The maximum absolute atomic E-state index is 13.3. The zero-order valence-corrected chi connectivity index (χ0v) is 23.1. The number of carbonyl (C=O) groups is 5. The summed E-state index contributed by atoms with van der Waals surface area (Å²) in [5, 5.41) is 26.6. The van der Waals surface area contributed by atoms with Gasteiger partial charge in [0.25, 0.3) is 0 Å². The summed E-state index contributed by atoms with van der Waals surface area (Å²) in [4.78, 5) is 61.6. The molecule has 0 saturated heterocycles. The molecule has 212 valence electrons. The van der Waals surface area contributed by atoms with Gasteiger partial charge in [0.2, 0.25) is 23.6 Å². The minimum Gasteiger partial charge on any atom is -0.508 e. The van der Waals surface area contributed by atoms with Crippen LogP contribution in [0, 0.1) is 0 Å². The minimum atomic E-state index is -1.37. The number of benzene rings is 1. The molecule has 0 aliphatic carbocycles. The van der Waals surface area contributed by atoms with Crippen molar-refractivity contribution in [2.45, 2.75) is 56.3 Å². The highest BCUT2D eigenvalue weighted by Gasteiger charge is 2.30. The summed E-state index contributed by atoms with van der Waals surface area (Å²) in [6.45, 7) is 0. The molecule has 14 heteroatoms. The molecule has 0 saturated carbocycles. The van der Waals surface area contributed by atoms with Crippen molar-refractivity contribution in [2.24, 2.45) is 11.5 Å². The Morgan fingerprint density at radius 2 is 1.34 bits per heavy atom. The topological polar surface area (TPSA) is 214 Å². The Morgan fingerprint density at radius 3 is 1.89 bits per heavy atom. The highest BCUT2D eigenvalue weighted by molar-refractivity contribution is 7.98. The first-order valence-electron chi connectivity index (χ1n) is 11.9. The first-order chi connectivity index (χ1) is 18.0. The van der Waals surface area contributed by atoms with Gasteiger partial charge in [-0.15, -0.1) is 0 Å². The standard InChI is InChI=1S/C24H37N5O7S2/c1-37-11-9-16(25)21(32)29-19(13-14-3-5-15(30)6-4-14)23(34)27-17(10-12-38-2)22(33)28-18(24(35)36)7-8-20(26)31/h3-6,16-19,30H,7-13,25H2,1-2H3,(H2,26,31)(H,27,34)(H,28,33)(H,29,32)(H,35,36). The number of nitrogens with one attached hydrogen (secondary N) is 3. The van der Waals surface area contributed by atoms with Gasteiger partial charge < -0.3 is 37.6 Å². The number of phenolic OH excluding ortho intramolecular Hbond substituents is 1. The number of carboxylic acids is 1. The molecule has 0 bridgehead atoms.